The zero-order valence-corrected chi connectivity index (χ0v) is 14.9. The van der Waals surface area contributed by atoms with Gasteiger partial charge in [0.15, 0.2) is 0 Å². The summed E-state index contributed by atoms with van der Waals surface area (Å²) in [6.07, 6.45) is 6.51. The Hall–Kier alpha value is -1.39. The summed E-state index contributed by atoms with van der Waals surface area (Å²) in [5.41, 5.74) is 1.27. The smallest absolute Gasteiger partial charge is 0.248 e. The van der Waals surface area contributed by atoms with Crippen LogP contribution in [0, 0.1) is 0 Å². The van der Waals surface area contributed by atoms with Crippen molar-refractivity contribution in [2.24, 2.45) is 0 Å². The molecule has 132 valence electrons. The van der Waals surface area contributed by atoms with E-state index < -0.39 is 0 Å². The van der Waals surface area contributed by atoms with Crippen LogP contribution in [0.3, 0.4) is 0 Å². The monoisotopic (exact) mass is 330 g/mol. The molecule has 4 heteroatoms. The topological polar surface area (TPSA) is 43.8 Å². The van der Waals surface area contributed by atoms with Gasteiger partial charge in [0.2, 0.25) is 5.91 Å². The molecule has 2 aliphatic heterocycles. The minimum Gasteiger partial charge on any atom is -0.387 e. The zero-order valence-electron chi connectivity index (χ0n) is 14.9. The van der Waals surface area contributed by atoms with Crippen molar-refractivity contribution in [1.82, 2.24) is 9.80 Å². The van der Waals surface area contributed by atoms with Gasteiger partial charge in [-0.2, -0.15) is 0 Å². The molecular weight excluding hydrogens is 300 g/mol. The van der Waals surface area contributed by atoms with Crippen molar-refractivity contribution in [2.75, 3.05) is 20.2 Å². The molecule has 0 aromatic heterocycles. The van der Waals surface area contributed by atoms with E-state index in [2.05, 4.69) is 43.1 Å². The summed E-state index contributed by atoms with van der Waals surface area (Å²) in [5.74, 6) is -0.112. The van der Waals surface area contributed by atoms with E-state index in [1.165, 1.54) is 24.8 Å². The zero-order chi connectivity index (χ0) is 17.2. The number of likely N-dealkylation sites (N-methyl/N-ethyl adjacent to an activating group) is 1. The van der Waals surface area contributed by atoms with Crippen molar-refractivity contribution in [3.8, 4) is 0 Å². The molecule has 1 amide bonds. The van der Waals surface area contributed by atoms with Gasteiger partial charge in [-0.15, -0.1) is 0 Å². The van der Waals surface area contributed by atoms with E-state index in [4.69, 9.17) is 0 Å². The molecule has 0 bridgehead atoms. The fourth-order valence-electron chi connectivity index (χ4n) is 4.76. The lowest BCUT2D eigenvalue weighted by Gasteiger charge is -2.43. The van der Waals surface area contributed by atoms with Crippen LogP contribution in [-0.2, 0) is 11.2 Å². The lowest BCUT2D eigenvalue weighted by molar-refractivity contribution is -0.138. The third-order valence-electron chi connectivity index (χ3n) is 6.18. The van der Waals surface area contributed by atoms with Gasteiger partial charge < -0.3 is 10.0 Å². The Kier molecular flexibility index (Phi) is 5.26. The van der Waals surface area contributed by atoms with Crippen LogP contribution < -0.4 is 0 Å². The van der Waals surface area contributed by atoms with E-state index in [9.17, 15) is 9.90 Å². The van der Waals surface area contributed by atoms with Crippen molar-refractivity contribution in [3.05, 3.63) is 35.9 Å². The standard InChI is InChI=1S/C20H30N2O2/c1-20-14-17(13-16-9-5-3-6-10-16)22(19(24)15-23)18(20)11-7-4-8-12-21(20)2/h3,5-6,9-10,17-18,23H,4,7-8,11-15H2,1-2H3/t17-,18+,20+/m1/s1. The lowest BCUT2D eigenvalue weighted by Crippen LogP contribution is -2.55. The molecular formula is C20H30N2O2. The van der Waals surface area contributed by atoms with Crippen molar-refractivity contribution in [1.29, 1.82) is 0 Å². The maximum absolute atomic E-state index is 12.6. The van der Waals surface area contributed by atoms with E-state index in [0.29, 0.717) is 0 Å². The van der Waals surface area contributed by atoms with Crippen molar-refractivity contribution < 1.29 is 9.90 Å². The Morgan fingerprint density at radius 1 is 1.25 bits per heavy atom. The molecule has 2 heterocycles. The number of nitrogens with zero attached hydrogens (tertiary/aromatic N) is 2. The fraction of sp³-hybridized carbons (Fsp3) is 0.650. The van der Waals surface area contributed by atoms with Crippen LogP contribution in [-0.4, -0.2) is 58.6 Å². The van der Waals surface area contributed by atoms with E-state index in [-0.39, 0.29) is 30.1 Å². The normalized spacial score (nSPS) is 31.4. The largest absolute Gasteiger partial charge is 0.387 e. The van der Waals surface area contributed by atoms with Crippen molar-refractivity contribution in [2.45, 2.75) is 63.1 Å². The number of fused-ring (bicyclic) bond motifs is 1. The Labute approximate surface area is 145 Å². The molecule has 24 heavy (non-hydrogen) atoms. The highest BCUT2D eigenvalue weighted by atomic mass is 16.3. The molecule has 2 fully saturated rings. The Bertz CT molecular complexity index is 562. The second-order valence-electron chi connectivity index (χ2n) is 7.65. The van der Waals surface area contributed by atoms with Crippen LogP contribution in [0.1, 0.15) is 44.6 Å². The summed E-state index contributed by atoms with van der Waals surface area (Å²) >= 11 is 0. The molecule has 1 aromatic carbocycles. The van der Waals surface area contributed by atoms with Gasteiger partial charge in [0.25, 0.3) is 0 Å². The molecule has 0 unspecified atom stereocenters. The van der Waals surface area contributed by atoms with E-state index in [0.717, 1.165) is 25.8 Å². The van der Waals surface area contributed by atoms with Gasteiger partial charge in [0.1, 0.15) is 6.61 Å². The van der Waals surface area contributed by atoms with E-state index in [1.54, 1.807) is 0 Å². The summed E-state index contributed by atoms with van der Waals surface area (Å²) in [4.78, 5) is 17.1. The summed E-state index contributed by atoms with van der Waals surface area (Å²) in [6.45, 7) is 3.01. The molecule has 0 aliphatic carbocycles. The van der Waals surface area contributed by atoms with Gasteiger partial charge in [-0.25, -0.2) is 0 Å². The summed E-state index contributed by atoms with van der Waals surface area (Å²) in [6, 6.07) is 10.8. The minimum absolute atomic E-state index is 0.00466. The number of carbonyl (C=O) groups is 1. The van der Waals surface area contributed by atoms with Gasteiger partial charge in [0, 0.05) is 11.6 Å². The van der Waals surface area contributed by atoms with Crippen LogP contribution in [0.2, 0.25) is 0 Å². The quantitative estimate of drug-likeness (QED) is 0.926. The molecule has 0 radical (unpaired) electrons. The predicted molar refractivity (Wildman–Crippen MR) is 95.8 cm³/mol. The average molecular weight is 330 g/mol. The molecule has 3 atom stereocenters. The number of benzene rings is 1. The number of aliphatic hydroxyl groups is 1. The highest BCUT2D eigenvalue weighted by Gasteiger charge is 2.52. The summed E-state index contributed by atoms with van der Waals surface area (Å²) in [5, 5.41) is 9.54. The van der Waals surface area contributed by atoms with E-state index in [1.807, 2.05) is 11.0 Å². The maximum atomic E-state index is 12.6. The van der Waals surface area contributed by atoms with Gasteiger partial charge in [-0.05, 0) is 51.8 Å². The van der Waals surface area contributed by atoms with Gasteiger partial charge in [-0.1, -0.05) is 43.2 Å². The molecule has 1 aromatic rings. The predicted octanol–water partition coefficient (Wildman–Crippen LogP) is 2.46. The SMILES string of the molecule is CN1CCCCC[C@@H]2N(C(=O)CO)[C@H](Cc3ccccc3)C[C@@]21C. The fourth-order valence-corrected chi connectivity index (χ4v) is 4.76. The highest BCUT2D eigenvalue weighted by molar-refractivity contribution is 5.78. The number of amides is 1. The van der Waals surface area contributed by atoms with Crippen LogP contribution in [0.15, 0.2) is 30.3 Å². The van der Waals surface area contributed by atoms with Gasteiger partial charge in [-0.3, -0.25) is 9.69 Å². The van der Waals surface area contributed by atoms with E-state index >= 15 is 0 Å². The molecule has 0 saturated carbocycles. The van der Waals surface area contributed by atoms with Crippen LogP contribution >= 0.6 is 0 Å². The Balaban J connectivity index is 1.91. The Morgan fingerprint density at radius 3 is 2.71 bits per heavy atom. The number of hydrogen-bond acceptors (Lipinski definition) is 3. The molecule has 2 aliphatic rings. The number of likely N-dealkylation sites (tertiary alicyclic amines) is 2. The first-order valence-corrected chi connectivity index (χ1v) is 9.23. The number of carbonyl (C=O) groups excluding carboxylic acids is 1. The molecule has 1 N–H and O–H groups in total. The first kappa shape index (κ1) is 17.4. The van der Waals surface area contributed by atoms with Crippen LogP contribution in [0.25, 0.3) is 0 Å². The first-order chi connectivity index (χ1) is 11.6. The summed E-state index contributed by atoms with van der Waals surface area (Å²) < 4.78 is 0. The van der Waals surface area contributed by atoms with Crippen LogP contribution in [0.4, 0.5) is 0 Å². The molecule has 2 saturated heterocycles. The first-order valence-electron chi connectivity index (χ1n) is 9.23. The Morgan fingerprint density at radius 2 is 2.00 bits per heavy atom. The minimum atomic E-state index is -0.387. The van der Waals surface area contributed by atoms with Crippen molar-refractivity contribution in [3.63, 3.8) is 0 Å². The third-order valence-corrected chi connectivity index (χ3v) is 6.18. The van der Waals surface area contributed by atoms with Gasteiger partial charge >= 0.3 is 0 Å². The molecule has 0 spiro atoms. The number of hydrogen-bond donors (Lipinski definition) is 1. The second-order valence-corrected chi connectivity index (χ2v) is 7.65. The second kappa shape index (κ2) is 7.24. The average Bonchev–Trinajstić information content (AvgIpc) is 2.86. The number of aliphatic hydroxyl groups excluding tert-OH is 1. The summed E-state index contributed by atoms with van der Waals surface area (Å²) in [7, 11) is 2.20. The number of rotatable bonds is 3. The third kappa shape index (κ3) is 3.22. The van der Waals surface area contributed by atoms with Gasteiger partial charge in [0.05, 0.1) is 6.04 Å². The van der Waals surface area contributed by atoms with Crippen LogP contribution in [0.5, 0.6) is 0 Å². The molecule has 4 nitrogen and oxygen atoms in total. The van der Waals surface area contributed by atoms with Crippen molar-refractivity contribution >= 4 is 5.91 Å². The maximum Gasteiger partial charge on any atom is 0.248 e. The lowest BCUT2D eigenvalue weighted by atomic mass is 9.84. The highest BCUT2D eigenvalue weighted by Crippen LogP contribution is 2.42. The molecule has 3 rings (SSSR count).